The van der Waals surface area contributed by atoms with Crippen LogP contribution in [-0.4, -0.2) is 100 Å². The predicted molar refractivity (Wildman–Crippen MR) is 151 cm³/mol. The van der Waals surface area contributed by atoms with E-state index < -0.39 is 10.0 Å². The normalized spacial score (nSPS) is 21.9. The van der Waals surface area contributed by atoms with Gasteiger partial charge in [-0.2, -0.15) is 9.29 Å². The number of sulfonamides is 1. The average Bonchev–Trinajstić information content (AvgIpc) is 3.23. The fraction of sp³-hybridized carbons (Fsp3) is 0.615. The Morgan fingerprint density at radius 2 is 1.82 bits per heavy atom. The van der Waals surface area contributed by atoms with Gasteiger partial charge in [0.1, 0.15) is 11.3 Å². The van der Waals surface area contributed by atoms with Crippen molar-refractivity contribution in [2.75, 3.05) is 62.3 Å². The van der Waals surface area contributed by atoms with E-state index in [2.05, 4.69) is 34.1 Å². The summed E-state index contributed by atoms with van der Waals surface area (Å²) in [6.45, 7) is 10.6. The number of hydrogen-bond donors (Lipinski definition) is 1. The molecule has 0 bridgehead atoms. The van der Waals surface area contributed by atoms with E-state index in [1.807, 2.05) is 43.9 Å². The standard InChI is InChI=1S/C26H39N9O2S/c1-18(2)17-38(36,37)35-15-19(3)12-20(16-35)29-24-21(23-14-27-25-22(30-23)6-7-33(25)5)13-28-26(31-24)34-10-8-32(4)9-11-34/h6-7,13-14,18-20H,8-12,15-17H2,1-5H3,(H,28,29,31). The summed E-state index contributed by atoms with van der Waals surface area (Å²) in [5.74, 6) is 1.80. The average molecular weight is 542 g/mol. The fourth-order valence-electron chi connectivity index (χ4n) is 5.35. The fourth-order valence-corrected chi connectivity index (χ4v) is 7.29. The minimum atomic E-state index is -3.33. The lowest BCUT2D eigenvalue weighted by molar-refractivity contribution is 0.263. The van der Waals surface area contributed by atoms with Crippen LogP contribution < -0.4 is 10.2 Å². The van der Waals surface area contributed by atoms with Crippen molar-refractivity contribution in [1.82, 2.24) is 33.7 Å². The molecule has 2 aliphatic heterocycles. The van der Waals surface area contributed by atoms with Gasteiger partial charge in [0.15, 0.2) is 5.65 Å². The Labute approximate surface area is 225 Å². The van der Waals surface area contributed by atoms with E-state index in [4.69, 9.17) is 15.0 Å². The van der Waals surface area contributed by atoms with Crippen LogP contribution in [0.2, 0.25) is 0 Å². The second-order valence-corrected chi connectivity index (χ2v) is 13.3. The van der Waals surface area contributed by atoms with E-state index in [0.29, 0.717) is 30.5 Å². The molecule has 12 heteroatoms. The highest BCUT2D eigenvalue weighted by atomic mass is 32.2. The molecule has 0 saturated carbocycles. The van der Waals surface area contributed by atoms with Crippen molar-refractivity contribution in [2.45, 2.75) is 33.2 Å². The third-order valence-corrected chi connectivity index (χ3v) is 9.48. The van der Waals surface area contributed by atoms with Crippen molar-refractivity contribution in [3.05, 3.63) is 24.7 Å². The number of aryl methyl sites for hydroxylation is 1. The van der Waals surface area contributed by atoms with Gasteiger partial charge in [-0.15, -0.1) is 0 Å². The second kappa shape index (κ2) is 10.7. The zero-order chi connectivity index (χ0) is 27.0. The Morgan fingerprint density at radius 3 is 2.55 bits per heavy atom. The molecule has 0 spiro atoms. The molecular weight excluding hydrogens is 502 g/mol. The van der Waals surface area contributed by atoms with Gasteiger partial charge in [0.2, 0.25) is 16.0 Å². The lowest BCUT2D eigenvalue weighted by Crippen LogP contribution is -2.49. The van der Waals surface area contributed by atoms with E-state index in [-0.39, 0.29) is 23.6 Å². The number of fused-ring (bicyclic) bond motifs is 1. The minimum Gasteiger partial charge on any atom is -0.365 e. The van der Waals surface area contributed by atoms with Crippen LogP contribution in [0.25, 0.3) is 22.4 Å². The third kappa shape index (κ3) is 5.76. The van der Waals surface area contributed by atoms with Crippen LogP contribution in [0.3, 0.4) is 0 Å². The molecule has 206 valence electrons. The summed E-state index contributed by atoms with van der Waals surface area (Å²) in [6.07, 6.45) is 6.37. The molecule has 2 atom stereocenters. The minimum absolute atomic E-state index is 0.0785. The predicted octanol–water partition coefficient (Wildman–Crippen LogP) is 2.29. The molecule has 0 amide bonds. The molecule has 0 radical (unpaired) electrons. The van der Waals surface area contributed by atoms with Gasteiger partial charge in [-0.3, -0.25) is 0 Å². The van der Waals surface area contributed by atoms with E-state index in [9.17, 15) is 8.42 Å². The SMILES string of the molecule is CC(C)CS(=O)(=O)N1CC(C)CC(Nc2nc(N3CCN(C)CC3)ncc2-c2cnc3c(ccn3C)n2)C1. The number of aromatic nitrogens is 5. The second-order valence-electron chi connectivity index (χ2n) is 11.3. The first-order valence-corrected chi connectivity index (χ1v) is 15.0. The van der Waals surface area contributed by atoms with E-state index in [0.717, 1.165) is 49.3 Å². The summed E-state index contributed by atoms with van der Waals surface area (Å²) in [4.78, 5) is 23.7. The van der Waals surface area contributed by atoms with Gasteiger partial charge in [0.25, 0.3) is 0 Å². The number of rotatable bonds is 7. The highest BCUT2D eigenvalue weighted by molar-refractivity contribution is 7.89. The van der Waals surface area contributed by atoms with E-state index in [1.54, 1.807) is 10.5 Å². The van der Waals surface area contributed by atoms with E-state index >= 15 is 0 Å². The van der Waals surface area contributed by atoms with Crippen molar-refractivity contribution in [2.24, 2.45) is 18.9 Å². The van der Waals surface area contributed by atoms with Crippen LogP contribution in [0, 0.1) is 11.8 Å². The Morgan fingerprint density at radius 1 is 1.05 bits per heavy atom. The monoisotopic (exact) mass is 541 g/mol. The number of nitrogens with one attached hydrogen (secondary N) is 1. The Bertz CT molecular complexity index is 1380. The Hall–Kier alpha value is -2.83. The molecule has 11 nitrogen and oxygen atoms in total. The molecule has 0 aliphatic carbocycles. The van der Waals surface area contributed by atoms with Crippen LogP contribution >= 0.6 is 0 Å². The van der Waals surface area contributed by atoms with Gasteiger partial charge in [0, 0.05) is 64.8 Å². The Kier molecular flexibility index (Phi) is 7.56. The van der Waals surface area contributed by atoms with Crippen molar-refractivity contribution in [3.63, 3.8) is 0 Å². The number of likely N-dealkylation sites (N-methyl/N-ethyl adjacent to an activating group) is 1. The maximum Gasteiger partial charge on any atom is 0.227 e. The maximum atomic E-state index is 13.1. The maximum absolute atomic E-state index is 13.1. The van der Waals surface area contributed by atoms with Crippen LogP contribution in [0.1, 0.15) is 27.2 Å². The summed E-state index contributed by atoms with van der Waals surface area (Å²) < 4.78 is 29.8. The quantitative estimate of drug-likeness (QED) is 0.481. The molecule has 2 saturated heterocycles. The zero-order valence-electron chi connectivity index (χ0n) is 23.0. The summed E-state index contributed by atoms with van der Waals surface area (Å²) >= 11 is 0. The van der Waals surface area contributed by atoms with Crippen LogP contribution in [-0.2, 0) is 17.1 Å². The van der Waals surface area contributed by atoms with E-state index in [1.165, 1.54) is 0 Å². The zero-order valence-corrected chi connectivity index (χ0v) is 23.8. The highest BCUT2D eigenvalue weighted by Crippen LogP contribution is 2.30. The number of hydrogen-bond acceptors (Lipinski definition) is 9. The number of piperazine rings is 1. The molecule has 2 unspecified atom stereocenters. The molecule has 5 rings (SSSR count). The lowest BCUT2D eigenvalue weighted by Gasteiger charge is -2.37. The smallest absolute Gasteiger partial charge is 0.227 e. The van der Waals surface area contributed by atoms with Gasteiger partial charge in [0.05, 0.1) is 23.2 Å². The summed E-state index contributed by atoms with van der Waals surface area (Å²) in [5, 5.41) is 3.61. The van der Waals surface area contributed by atoms with Crippen molar-refractivity contribution >= 4 is 33.0 Å². The van der Waals surface area contributed by atoms with Crippen molar-refractivity contribution in [1.29, 1.82) is 0 Å². The summed E-state index contributed by atoms with van der Waals surface area (Å²) in [6, 6.07) is 1.86. The van der Waals surface area contributed by atoms with Gasteiger partial charge in [-0.1, -0.05) is 20.8 Å². The molecule has 5 heterocycles. The first-order valence-electron chi connectivity index (χ1n) is 13.4. The molecule has 3 aromatic heterocycles. The van der Waals surface area contributed by atoms with Crippen molar-refractivity contribution < 1.29 is 8.42 Å². The first kappa shape index (κ1) is 26.8. The molecule has 3 aromatic rings. The highest BCUT2D eigenvalue weighted by Gasteiger charge is 2.33. The molecule has 0 aromatic carbocycles. The third-order valence-electron chi connectivity index (χ3n) is 7.31. The lowest BCUT2D eigenvalue weighted by atomic mass is 9.97. The van der Waals surface area contributed by atoms with Crippen LogP contribution in [0.5, 0.6) is 0 Å². The van der Waals surface area contributed by atoms with Gasteiger partial charge in [-0.05, 0) is 31.4 Å². The number of nitrogens with zero attached hydrogens (tertiary/aromatic N) is 8. The van der Waals surface area contributed by atoms with Gasteiger partial charge >= 0.3 is 0 Å². The van der Waals surface area contributed by atoms with Gasteiger partial charge < -0.3 is 19.7 Å². The molecule has 2 fully saturated rings. The summed E-state index contributed by atoms with van der Waals surface area (Å²) in [5.41, 5.74) is 3.06. The number of anilines is 2. The van der Waals surface area contributed by atoms with Crippen molar-refractivity contribution in [3.8, 4) is 11.3 Å². The number of piperidine rings is 1. The summed E-state index contributed by atoms with van der Waals surface area (Å²) in [7, 11) is 0.734. The first-order chi connectivity index (χ1) is 18.1. The Balaban J connectivity index is 1.48. The largest absolute Gasteiger partial charge is 0.365 e. The molecule has 1 N–H and O–H groups in total. The van der Waals surface area contributed by atoms with Gasteiger partial charge in [-0.25, -0.2) is 23.4 Å². The molecule has 38 heavy (non-hydrogen) atoms. The molecular formula is C26H39N9O2S. The van der Waals surface area contributed by atoms with Crippen LogP contribution in [0.15, 0.2) is 24.7 Å². The topological polar surface area (TPSA) is 112 Å². The molecule has 2 aliphatic rings. The van der Waals surface area contributed by atoms with Crippen LogP contribution in [0.4, 0.5) is 11.8 Å².